The summed E-state index contributed by atoms with van der Waals surface area (Å²) in [7, 11) is -1.37. The molecule has 0 aromatic heterocycles. The molecule has 0 bridgehead atoms. The molecule has 0 radical (unpaired) electrons. The SMILES string of the molecule is CCC(C)N(C)S(=O)(=O)c1c(F)cc([N+](=O)[O-])cc1NC. The van der Waals surface area contributed by atoms with Crippen LogP contribution in [0.25, 0.3) is 0 Å². The van der Waals surface area contributed by atoms with Gasteiger partial charge >= 0.3 is 0 Å². The van der Waals surface area contributed by atoms with E-state index in [1.54, 1.807) is 6.92 Å². The molecule has 9 heteroatoms. The number of hydrogen-bond donors (Lipinski definition) is 1. The van der Waals surface area contributed by atoms with Crippen molar-refractivity contribution in [2.24, 2.45) is 0 Å². The molecule has 1 rings (SSSR count). The minimum absolute atomic E-state index is 0.142. The zero-order chi connectivity index (χ0) is 16.4. The van der Waals surface area contributed by atoms with Crippen LogP contribution in [0.2, 0.25) is 0 Å². The van der Waals surface area contributed by atoms with E-state index in [1.165, 1.54) is 14.1 Å². The number of halogens is 1. The van der Waals surface area contributed by atoms with Gasteiger partial charge in [-0.25, -0.2) is 12.8 Å². The van der Waals surface area contributed by atoms with E-state index in [9.17, 15) is 22.9 Å². The zero-order valence-corrected chi connectivity index (χ0v) is 13.1. The third kappa shape index (κ3) is 3.30. The van der Waals surface area contributed by atoms with Crippen molar-refractivity contribution in [3.8, 4) is 0 Å². The second kappa shape index (κ2) is 6.35. The minimum Gasteiger partial charge on any atom is -0.387 e. The number of nitrogens with one attached hydrogen (secondary N) is 1. The lowest BCUT2D eigenvalue weighted by molar-refractivity contribution is -0.385. The van der Waals surface area contributed by atoms with Crippen molar-refractivity contribution >= 4 is 21.4 Å². The van der Waals surface area contributed by atoms with Crippen LogP contribution in [-0.2, 0) is 10.0 Å². The Balaban J connectivity index is 3.52. The number of benzene rings is 1. The van der Waals surface area contributed by atoms with Gasteiger partial charge in [0.25, 0.3) is 5.69 Å². The Morgan fingerprint density at radius 1 is 1.48 bits per heavy atom. The predicted molar refractivity (Wildman–Crippen MR) is 77.3 cm³/mol. The number of non-ortho nitro benzene ring substituents is 1. The van der Waals surface area contributed by atoms with Gasteiger partial charge in [-0.15, -0.1) is 0 Å². The van der Waals surface area contributed by atoms with E-state index in [0.717, 1.165) is 10.4 Å². The Labute approximate surface area is 123 Å². The first-order valence-corrected chi connectivity index (χ1v) is 7.74. The minimum atomic E-state index is -4.09. The molecular formula is C12H18FN3O4S. The number of nitro benzene ring substituents is 1. The third-order valence-electron chi connectivity index (χ3n) is 3.36. The van der Waals surface area contributed by atoms with E-state index < -0.39 is 31.3 Å². The monoisotopic (exact) mass is 319 g/mol. The largest absolute Gasteiger partial charge is 0.387 e. The Kier molecular flexibility index (Phi) is 5.24. The van der Waals surface area contributed by atoms with Crippen molar-refractivity contribution in [3.05, 3.63) is 28.1 Å². The molecule has 0 fully saturated rings. The van der Waals surface area contributed by atoms with Crippen LogP contribution < -0.4 is 5.32 Å². The lowest BCUT2D eigenvalue weighted by Gasteiger charge is -2.24. The third-order valence-corrected chi connectivity index (χ3v) is 5.41. The normalized spacial score (nSPS) is 13.2. The van der Waals surface area contributed by atoms with Crippen LogP contribution in [0.3, 0.4) is 0 Å². The highest BCUT2D eigenvalue weighted by molar-refractivity contribution is 7.89. The Bertz CT molecular complexity index is 648. The van der Waals surface area contributed by atoms with E-state index >= 15 is 0 Å². The van der Waals surface area contributed by atoms with E-state index in [0.29, 0.717) is 12.5 Å². The number of nitrogens with zero attached hydrogens (tertiary/aromatic N) is 2. The maximum absolute atomic E-state index is 14.1. The lowest BCUT2D eigenvalue weighted by atomic mass is 10.2. The second-order valence-corrected chi connectivity index (χ2v) is 6.52. The molecule has 7 nitrogen and oxygen atoms in total. The number of anilines is 1. The predicted octanol–water partition coefficient (Wildman–Crippen LogP) is 2.19. The van der Waals surface area contributed by atoms with Crippen molar-refractivity contribution in [1.29, 1.82) is 0 Å². The summed E-state index contributed by atoms with van der Waals surface area (Å²) in [6.07, 6.45) is 0.555. The molecule has 0 aliphatic heterocycles. The average molecular weight is 319 g/mol. The summed E-state index contributed by atoms with van der Waals surface area (Å²) in [4.78, 5) is 9.36. The van der Waals surface area contributed by atoms with E-state index in [4.69, 9.17) is 0 Å². The Morgan fingerprint density at radius 2 is 2.05 bits per heavy atom. The molecule has 1 atom stereocenters. The van der Waals surface area contributed by atoms with Crippen molar-refractivity contribution in [2.75, 3.05) is 19.4 Å². The standard InChI is InChI=1S/C12H18FN3O4S/c1-5-8(2)15(4)21(19,20)12-10(13)6-9(16(17)18)7-11(12)14-3/h6-8,14H,5H2,1-4H3. The number of sulfonamides is 1. The molecule has 0 saturated heterocycles. The van der Waals surface area contributed by atoms with Crippen LogP contribution in [0.5, 0.6) is 0 Å². The van der Waals surface area contributed by atoms with Gasteiger partial charge in [-0.2, -0.15) is 4.31 Å². The summed E-state index contributed by atoms with van der Waals surface area (Å²) in [6, 6.07) is 1.28. The summed E-state index contributed by atoms with van der Waals surface area (Å²) in [5.74, 6) is -1.15. The molecule has 1 aromatic rings. The highest BCUT2D eigenvalue weighted by atomic mass is 32.2. The molecule has 21 heavy (non-hydrogen) atoms. The van der Waals surface area contributed by atoms with Crippen molar-refractivity contribution in [3.63, 3.8) is 0 Å². The Morgan fingerprint density at radius 3 is 2.48 bits per heavy atom. The summed E-state index contributed by atoms with van der Waals surface area (Å²) >= 11 is 0. The van der Waals surface area contributed by atoms with E-state index in [-0.39, 0.29) is 11.7 Å². The number of hydrogen-bond acceptors (Lipinski definition) is 5. The van der Waals surface area contributed by atoms with Gasteiger partial charge in [0, 0.05) is 26.2 Å². The van der Waals surface area contributed by atoms with Gasteiger partial charge in [0.1, 0.15) is 4.90 Å². The topological polar surface area (TPSA) is 92.5 Å². The van der Waals surface area contributed by atoms with Gasteiger partial charge in [0.05, 0.1) is 16.7 Å². The molecule has 0 aliphatic rings. The molecule has 0 heterocycles. The van der Waals surface area contributed by atoms with Gasteiger partial charge in [0.2, 0.25) is 10.0 Å². The van der Waals surface area contributed by atoms with Crippen molar-refractivity contribution in [1.82, 2.24) is 4.31 Å². The average Bonchev–Trinajstić information content (AvgIpc) is 2.43. The summed E-state index contributed by atoms with van der Waals surface area (Å²) in [5.41, 5.74) is -0.654. The first-order valence-electron chi connectivity index (χ1n) is 6.30. The first kappa shape index (κ1) is 17.3. The molecule has 0 aliphatic carbocycles. The molecule has 1 aromatic carbocycles. The van der Waals surface area contributed by atoms with Crippen LogP contribution in [-0.4, -0.2) is 37.8 Å². The van der Waals surface area contributed by atoms with Crippen molar-refractivity contribution < 1.29 is 17.7 Å². The highest BCUT2D eigenvalue weighted by Gasteiger charge is 2.31. The maximum atomic E-state index is 14.1. The quantitative estimate of drug-likeness (QED) is 0.641. The van der Waals surface area contributed by atoms with Gasteiger partial charge in [-0.3, -0.25) is 10.1 Å². The fourth-order valence-electron chi connectivity index (χ4n) is 1.77. The molecule has 118 valence electrons. The van der Waals surface area contributed by atoms with Gasteiger partial charge in [-0.1, -0.05) is 6.92 Å². The van der Waals surface area contributed by atoms with Crippen LogP contribution in [0.4, 0.5) is 15.8 Å². The fraction of sp³-hybridized carbons (Fsp3) is 0.500. The van der Waals surface area contributed by atoms with E-state index in [1.807, 2.05) is 6.92 Å². The van der Waals surface area contributed by atoms with Crippen LogP contribution in [0, 0.1) is 15.9 Å². The smallest absolute Gasteiger partial charge is 0.274 e. The van der Waals surface area contributed by atoms with Crippen LogP contribution in [0.15, 0.2) is 17.0 Å². The summed E-state index contributed by atoms with van der Waals surface area (Å²) in [6.45, 7) is 3.50. The molecule has 1 unspecified atom stereocenters. The molecular weight excluding hydrogens is 301 g/mol. The highest BCUT2D eigenvalue weighted by Crippen LogP contribution is 2.32. The van der Waals surface area contributed by atoms with Gasteiger partial charge in [-0.05, 0) is 13.3 Å². The maximum Gasteiger partial charge on any atom is 0.274 e. The molecule has 1 N–H and O–H groups in total. The number of rotatable bonds is 6. The lowest BCUT2D eigenvalue weighted by Crippen LogP contribution is -2.35. The summed E-state index contributed by atoms with van der Waals surface area (Å²) < 4.78 is 40.2. The zero-order valence-electron chi connectivity index (χ0n) is 12.3. The van der Waals surface area contributed by atoms with Crippen LogP contribution in [0.1, 0.15) is 20.3 Å². The second-order valence-electron chi connectivity index (χ2n) is 4.59. The fourth-order valence-corrected chi connectivity index (χ4v) is 3.43. The number of nitro groups is 1. The molecule has 0 spiro atoms. The van der Waals surface area contributed by atoms with Gasteiger partial charge < -0.3 is 5.32 Å². The Hall–Kier alpha value is -1.74. The molecule has 0 amide bonds. The first-order chi connectivity index (χ1) is 9.66. The van der Waals surface area contributed by atoms with Crippen molar-refractivity contribution in [2.45, 2.75) is 31.2 Å². The van der Waals surface area contributed by atoms with Gasteiger partial charge in [0.15, 0.2) is 5.82 Å². The summed E-state index contributed by atoms with van der Waals surface area (Å²) in [5, 5.41) is 13.2. The van der Waals surface area contributed by atoms with Crippen LogP contribution >= 0.6 is 0 Å². The molecule has 0 saturated carbocycles. The van der Waals surface area contributed by atoms with E-state index in [2.05, 4.69) is 5.32 Å².